The van der Waals surface area contributed by atoms with Gasteiger partial charge in [0.2, 0.25) is 0 Å². The third-order valence-electron chi connectivity index (χ3n) is 3.17. The molecule has 1 atom stereocenters. The molecule has 0 aliphatic heterocycles. The van der Waals surface area contributed by atoms with Gasteiger partial charge in [0, 0.05) is 6.61 Å². The highest BCUT2D eigenvalue weighted by molar-refractivity contribution is 4.73. The Hall–Kier alpha value is -0.0800. The molecule has 2 nitrogen and oxygen atoms in total. The fraction of sp³-hybridized carbons (Fsp3) is 1.00. The molecule has 14 heavy (non-hydrogen) atoms. The number of ether oxygens (including phenoxy) is 1. The van der Waals surface area contributed by atoms with Crippen LogP contribution in [0.1, 0.15) is 52.4 Å². The minimum atomic E-state index is 0.358. The van der Waals surface area contributed by atoms with Crippen LogP contribution in [0.15, 0.2) is 0 Å². The van der Waals surface area contributed by atoms with Crippen molar-refractivity contribution >= 4 is 0 Å². The van der Waals surface area contributed by atoms with Gasteiger partial charge in [-0.05, 0) is 44.9 Å². The van der Waals surface area contributed by atoms with Gasteiger partial charge in [0.05, 0.1) is 12.2 Å². The molecule has 1 N–H and O–H groups in total. The van der Waals surface area contributed by atoms with Gasteiger partial charge >= 0.3 is 0 Å². The molecule has 0 aromatic carbocycles. The van der Waals surface area contributed by atoms with Crippen LogP contribution in [0.4, 0.5) is 0 Å². The third-order valence-corrected chi connectivity index (χ3v) is 3.17. The SMILES string of the molecule is CCCC(C)OC1CCC(CO)CC1. The quantitative estimate of drug-likeness (QED) is 0.739. The minimum absolute atomic E-state index is 0.358. The molecule has 0 amide bonds. The molecule has 0 bridgehead atoms. The van der Waals surface area contributed by atoms with E-state index >= 15 is 0 Å². The van der Waals surface area contributed by atoms with Crippen molar-refractivity contribution in [3.63, 3.8) is 0 Å². The molecule has 84 valence electrons. The Kier molecular flexibility index (Phi) is 5.49. The Morgan fingerprint density at radius 3 is 2.43 bits per heavy atom. The van der Waals surface area contributed by atoms with Crippen molar-refractivity contribution in [2.24, 2.45) is 5.92 Å². The van der Waals surface area contributed by atoms with Crippen molar-refractivity contribution in [2.75, 3.05) is 6.61 Å². The summed E-state index contributed by atoms with van der Waals surface area (Å²) in [6, 6.07) is 0. The summed E-state index contributed by atoms with van der Waals surface area (Å²) in [7, 11) is 0. The molecule has 0 heterocycles. The average Bonchev–Trinajstić information content (AvgIpc) is 2.19. The Morgan fingerprint density at radius 1 is 1.29 bits per heavy atom. The maximum absolute atomic E-state index is 9.00. The molecule has 1 aliphatic rings. The van der Waals surface area contributed by atoms with E-state index < -0.39 is 0 Å². The van der Waals surface area contributed by atoms with Crippen molar-refractivity contribution in [2.45, 2.75) is 64.6 Å². The monoisotopic (exact) mass is 200 g/mol. The molecule has 1 fully saturated rings. The highest BCUT2D eigenvalue weighted by atomic mass is 16.5. The van der Waals surface area contributed by atoms with Crippen LogP contribution in [0.5, 0.6) is 0 Å². The summed E-state index contributed by atoms with van der Waals surface area (Å²) >= 11 is 0. The van der Waals surface area contributed by atoms with Gasteiger partial charge in [-0.1, -0.05) is 13.3 Å². The van der Waals surface area contributed by atoms with E-state index in [1.165, 1.54) is 12.8 Å². The topological polar surface area (TPSA) is 29.5 Å². The van der Waals surface area contributed by atoms with E-state index in [-0.39, 0.29) is 0 Å². The van der Waals surface area contributed by atoms with Crippen molar-refractivity contribution in [3.8, 4) is 0 Å². The van der Waals surface area contributed by atoms with Crippen LogP contribution in [0.25, 0.3) is 0 Å². The lowest BCUT2D eigenvalue weighted by atomic mass is 9.88. The number of hydrogen-bond donors (Lipinski definition) is 1. The molecule has 0 radical (unpaired) electrons. The molecule has 0 aromatic heterocycles. The Balaban J connectivity index is 2.15. The van der Waals surface area contributed by atoms with Gasteiger partial charge in [0.25, 0.3) is 0 Å². The number of rotatable bonds is 5. The lowest BCUT2D eigenvalue weighted by Crippen LogP contribution is -2.26. The number of hydrogen-bond acceptors (Lipinski definition) is 2. The summed E-state index contributed by atoms with van der Waals surface area (Å²) in [4.78, 5) is 0. The van der Waals surface area contributed by atoms with Crippen molar-refractivity contribution in [1.29, 1.82) is 0 Å². The van der Waals surface area contributed by atoms with Crippen LogP contribution in [-0.2, 0) is 4.74 Å². The molecule has 1 saturated carbocycles. The first-order chi connectivity index (χ1) is 6.76. The maximum Gasteiger partial charge on any atom is 0.0579 e. The van der Waals surface area contributed by atoms with Crippen molar-refractivity contribution < 1.29 is 9.84 Å². The smallest absolute Gasteiger partial charge is 0.0579 e. The second kappa shape index (κ2) is 6.41. The van der Waals surface area contributed by atoms with Crippen LogP contribution in [-0.4, -0.2) is 23.9 Å². The van der Waals surface area contributed by atoms with Gasteiger partial charge in [-0.2, -0.15) is 0 Å². The van der Waals surface area contributed by atoms with Crippen LogP contribution >= 0.6 is 0 Å². The predicted molar refractivity (Wildman–Crippen MR) is 58.3 cm³/mol. The molecule has 0 saturated heterocycles. The summed E-state index contributed by atoms with van der Waals surface area (Å²) in [5, 5.41) is 9.00. The van der Waals surface area contributed by atoms with Gasteiger partial charge in [-0.15, -0.1) is 0 Å². The van der Waals surface area contributed by atoms with Gasteiger partial charge in [0.1, 0.15) is 0 Å². The lowest BCUT2D eigenvalue weighted by molar-refractivity contribution is -0.0349. The molecule has 1 unspecified atom stereocenters. The predicted octanol–water partition coefficient (Wildman–Crippen LogP) is 2.74. The van der Waals surface area contributed by atoms with Crippen LogP contribution in [0.3, 0.4) is 0 Å². The largest absolute Gasteiger partial charge is 0.396 e. The van der Waals surface area contributed by atoms with Crippen LogP contribution in [0, 0.1) is 5.92 Å². The van der Waals surface area contributed by atoms with Gasteiger partial charge in [-0.25, -0.2) is 0 Å². The van der Waals surface area contributed by atoms with E-state index in [0.29, 0.717) is 24.7 Å². The molecule has 1 aliphatic carbocycles. The summed E-state index contributed by atoms with van der Waals surface area (Å²) in [5.74, 6) is 0.538. The second-order valence-corrected chi connectivity index (χ2v) is 4.56. The zero-order valence-electron chi connectivity index (χ0n) is 9.54. The van der Waals surface area contributed by atoms with Gasteiger partial charge in [-0.3, -0.25) is 0 Å². The highest BCUT2D eigenvalue weighted by Crippen LogP contribution is 2.26. The van der Waals surface area contributed by atoms with Gasteiger partial charge < -0.3 is 9.84 Å². The molecule has 2 heteroatoms. The normalized spacial score (nSPS) is 30.2. The third kappa shape index (κ3) is 3.97. The molecule has 0 aromatic rings. The van der Waals surface area contributed by atoms with E-state index in [0.717, 1.165) is 25.7 Å². The van der Waals surface area contributed by atoms with Crippen LogP contribution < -0.4 is 0 Å². The number of aliphatic hydroxyl groups is 1. The fourth-order valence-electron chi connectivity index (χ4n) is 2.25. The summed E-state index contributed by atoms with van der Waals surface area (Å²) in [6.45, 7) is 4.72. The lowest BCUT2D eigenvalue weighted by Gasteiger charge is -2.29. The van der Waals surface area contributed by atoms with Crippen LogP contribution in [0.2, 0.25) is 0 Å². The first-order valence-electron chi connectivity index (χ1n) is 6.02. The van der Waals surface area contributed by atoms with E-state index in [1.807, 2.05) is 0 Å². The Morgan fingerprint density at radius 2 is 1.93 bits per heavy atom. The van der Waals surface area contributed by atoms with Crippen molar-refractivity contribution in [1.82, 2.24) is 0 Å². The minimum Gasteiger partial charge on any atom is -0.396 e. The average molecular weight is 200 g/mol. The Labute approximate surface area is 87.7 Å². The standard InChI is InChI=1S/C12H24O2/c1-3-4-10(2)14-12-7-5-11(9-13)6-8-12/h10-13H,3-9H2,1-2H3. The van der Waals surface area contributed by atoms with E-state index in [4.69, 9.17) is 9.84 Å². The zero-order valence-corrected chi connectivity index (χ0v) is 9.54. The van der Waals surface area contributed by atoms with Gasteiger partial charge in [0.15, 0.2) is 0 Å². The van der Waals surface area contributed by atoms with E-state index in [2.05, 4.69) is 13.8 Å². The first-order valence-corrected chi connectivity index (χ1v) is 6.02. The maximum atomic E-state index is 9.00. The zero-order chi connectivity index (χ0) is 10.4. The molecular formula is C12H24O2. The Bertz CT molecular complexity index is 139. The summed E-state index contributed by atoms with van der Waals surface area (Å²) < 4.78 is 5.94. The highest BCUT2D eigenvalue weighted by Gasteiger charge is 2.22. The van der Waals surface area contributed by atoms with E-state index in [1.54, 1.807) is 0 Å². The van der Waals surface area contributed by atoms with Crippen molar-refractivity contribution in [3.05, 3.63) is 0 Å². The second-order valence-electron chi connectivity index (χ2n) is 4.56. The summed E-state index contributed by atoms with van der Waals surface area (Å²) in [5.41, 5.74) is 0. The fourth-order valence-corrected chi connectivity index (χ4v) is 2.25. The molecule has 1 rings (SSSR count). The van der Waals surface area contributed by atoms with E-state index in [9.17, 15) is 0 Å². The first kappa shape index (κ1) is 12.0. The molecule has 0 spiro atoms. The number of aliphatic hydroxyl groups excluding tert-OH is 1. The summed E-state index contributed by atoms with van der Waals surface area (Å²) in [6.07, 6.45) is 7.79. The molecular weight excluding hydrogens is 176 g/mol.